The average Bonchev–Trinajstić information content (AvgIpc) is 3.05. The van der Waals surface area contributed by atoms with E-state index in [9.17, 15) is 22.8 Å². The Bertz CT molecular complexity index is 790. The smallest absolute Gasteiger partial charge is 0.490 e. The third-order valence-corrected chi connectivity index (χ3v) is 6.04. The van der Waals surface area contributed by atoms with Crippen LogP contribution in [0.15, 0.2) is 12.1 Å². The van der Waals surface area contributed by atoms with Gasteiger partial charge >= 0.3 is 18.1 Å². The lowest BCUT2D eigenvalue weighted by molar-refractivity contribution is -0.192. The van der Waals surface area contributed by atoms with Gasteiger partial charge in [-0.05, 0) is 19.1 Å². The molecule has 2 rings (SSSR count). The first kappa shape index (κ1) is 26.8. The number of hydrogen-bond acceptors (Lipinski definition) is 7. The summed E-state index contributed by atoms with van der Waals surface area (Å²) >= 11 is 0. The van der Waals surface area contributed by atoms with Gasteiger partial charge in [0, 0.05) is 35.6 Å². The third kappa shape index (κ3) is 9.59. The van der Waals surface area contributed by atoms with E-state index < -0.39 is 18.1 Å². The quantitative estimate of drug-likeness (QED) is 0.357. The number of fused-ring (bicyclic) bond motifs is 1. The predicted molar refractivity (Wildman–Crippen MR) is 110 cm³/mol. The molecule has 0 spiro atoms. The van der Waals surface area contributed by atoms with E-state index >= 15 is 0 Å². The van der Waals surface area contributed by atoms with Crippen LogP contribution in [0.25, 0.3) is 0 Å². The van der Waals surface area contributed by atoms with E-state index in [0.29, 0.717) is 23.6 Å². The largest absolute Gasteiger partial charge is 0.493 e. The van der Waals surface area contributed by atoms with Gasteiger partial charge in [-0.1, -0.05) is 21.6 Å². The molecule has 1 aromatic carbocycles. The summed E-state index contributed by atoms with van der Waals surface area (Å²) in [6.45, 7) is 2.51. The molecule has 1 unspecified atom stereocenters. The maximum absolute atomic E-state index is 12.3. The summed E-state index contributed by atoms with van der Waals surface area (Å²) in [5, 5.41) is 18.5. The number of carbonyl (C=O) groups is 3. The zero-order chi connectivity index (χ0) is 23.6. The number of methoxy groups -OCH3 is 1. The zero-order valence-corrected chi connectivity index (χ0v) is 18.3. The van der Waals surface area contributed by atoms with Gasteiger partial charge in [-0.3, -0.25) is 9.59 Å². The highest BCUT2D eigenvalue weighted by molar-refractivity contribution is 8.76. The average molecular weight is 486 g/mol. The summed E-state index contributed by atoms with van der Waals surface area (Å²) in [7, 11) is 4.62. The summed E-state index contributed by atoms with van der Waals surface area (Å²) in [5.74, 6) is -1.10. The number of ether oxygens (including phenoxy) is 2. The second kappa shape index (κ2) is 12.5. The molecule has 1 aliphatic heterocycles. The molecule has 1 aliphatic rings. The lowest BCUT2D eigenvalue weighted by Gasteiger charge is -2.11. The molecule has 0 radical (unpaired) electrons. The maximum Gasteiger partial charge on any atom is 0.490 e. The molecule has 174 valence electrons. The number of benzene rings is 1. The second-order valence-electron chi connectivity index (χ2n) is 6.15. The first-order chi connectivity index (χ1) is 14.5. The van der Waals surface area contributed by atoms with Gasteiger partial charge in [0.05, 0.1) is 13.5 Å². The summed E-state index contributed by atoms with van der Waals surface area (Å²) in [5.41, 5.74) is 1.55. The number of nitrogens with one attached hydrogen (secondary N) is 1. The SMILES string of the molecule is COc1cc(C(=O)NCCSSCCC(=O)O)cc2c1OC(C)C2.O=C(O)C(F)(F)F. The topological polar surface area (TPSA) is 122 Å². The molecule has 1 atom stereocenters. The van der Waals surface area contributed by atoms with E-state index in [-0.39, 0.29) is 18.4 Å². The fourth-order valence-electron chi connectivity index (χ4n) is 2.34. The molecule has 1 aromatic rings. The van der Waals surface area contributed by atoms with Crippen molar-refractivity contribution in [2.75, 3.05) is 25.2 Å². The van der Waals surface area contributed by atoms with Gasteiger partial charge in [-0.25, -0.2) is 4.79 Å². The van der Waals surface area contributed by atoms with Gasteiger partial charge in [-0.2, -0.15) is 13.2 Å². The van der Waals surface area contributed by atoms with Crippen molar-refractivity contribution in [2.24, 2.45) is 0 Å². The number of carbonyl (C=O) groups excluding carboxylic acids is 1. The standard InChI is InChI=1S/C16H21NO5S2.C2HF3O2/c1-10-7-11-8-12(9-13(21-2)15(11)22-10)16(20)17-4-6-24-23-5-3-14(18)19;3-2(4,5)1(6)7/h8-10H,3-7H2,1-2H3,(H,17,20)(H,18,19);(H,6,7). The number of halogens is 3. The summed E-state index contributed by atoms with van der Waals surface area (Å²) in [4.78, 5) is 31.6. The molecule has 0 aromatic heterocycles. The van der Waals surface area contributed by atoms with Gasteiger partial charge in [0.15, 0.2) is 11.5 Å². The van der Waals surface area contributed by atoms with Gasteiger partial charge in [0.25, 0.3) is 5.91 Å². The Balaban J connectivity index is 0.000000592. The Kier molecular flexibility index (Phi) is 10.8. The molecule has 8 nitrogen and oxygen atoms in total. The van der Waals surface area contributed by atoms with Crippen LogP contribution < -0.4 is 14.8 Å². The molecule has 31 heavy (non-hydrogen) atoms. The Morgan fingerprint density at radius 3 is 2.39 bits per heavy atom. The monoisotopic (exact) mass is 485 g/mol. The zero-order valence-electron chi connectivity index (χ0n) is 16.7. The van der Waals surface area contributed by atoms with Crippen LogP contribution in [-0.2, 0) is 16.0 Å². The van der Waals surface area contributed by atoms with Gasteiger partial charge in [-0.15, -0.1) is 0 Å². The van der Waals surface area contributed by atoms with E-state index in [2.05, 4.69) is 5.32 Å². The van der Waals surface area contributed by atoms with Crippen molar-refractivity contribution in [1.29, 1.82) is 0 Å². The molecule has 13 heteroatoms. The summed E-state index contributed by atoms with van der Waals surface area (Å²) < 4.78 is 42.8. The minimum Gasteiger partial charge on any atom is -0.493 e. The Morgan fingerprint density at radius 2 is 1.84 bits per heavy atom. The van der Waals surface area contributed by atoms with Gasteiger partial charge in [0.1, 0.15) is 6.10 Å². The molecular weight excluding hydrogens is 463 g/mol. The van der Waals surface area contributed by atoms with Gasteiger partial charge < -0.3 is 25.0 Å². The van der Waals surface area contributed by atoms with E-state index in [1.54, 1.807) is 24.0 Å². The van der Waals surface area contributed by atoms with Crippen LogP contribution in [-0.4, -0.2) is 65.5 Å². The van der Waals surface area contributed by atoms with Crippen LogP contribution in [0.1, 0.15) is 29.3 Å². The first-order valence-electron chi connectivity index (χ1n) is 8.87. The minimum atomic E-state index is -5.08. The predicted octanol–water partition coefficient (Wildman–Crippen LogP) is 3.24. The number of aliphatic carboxylic acids is 2. The molecule has 0 saturated heterocycles. The minimum absolute atomic E-state index is 0.0893. The second-order valence-corrected chi connectivity index (χ2v) is 8.85. The summed E-state index contributed by atoms with van der Waals surface area (Å²) in [6, 6.07) is 3.55. The molecule has 0 saturated carbocycles. The van der Waals surface area contributed by atoms with Gasteiger partial charge in [0.2, 0.25) is 0 Å². The van der Waals surface area contributed by atoms with E-state index in [0.717, 1.165) is 23.5 Å². The Hall–Kier alpha value is -2.28. The highest BCUT2D eigenvalue weighted by Gasteiger charge is 2.38. The molecule has 1 heterocycles. The Morgan fingerprint density at radius 1 is 1.23 bits per heavy atom. The fourth-order valence-corrected chi connectivity index (χ4v) is 4.22. The maximum atomic E-state index is 12.3. The molecule has 0 aliphatic carbocycles. The van der Waals surface area contributed by atoms with Crippen molar-refractivity contribution in [3.8, 4) is 11.5 Å². The molecule has 1 amide bonds. The number of rotatable bonds is 9. The highest BCUT2D eigenvalue weighted by atomic mass is 33.1. The molecule has 0 bridgehead atoms. The number of carboxylic acid groups (broad SMARTS) is 2. The van der Waals surface area contributed by atoms with Crippen LogP contribution in [0.4, 0.5) is 13.2 Å². The van der Waals surface area contributed by atoms with Crippen molar-refractivity contribution < 1.29 is 47.2 Å². The number of hydrogen-bond donors (Lipinski definition) is 3. The summed E-state index contributed by atoms with van der Waals surface area (Å²) in [6.07, 6.45) is -4.08. The number of alkyl halides is 3. The lowest BCUT2D eigenvalue weighted by atomic mass is 10.1. The molecule has 0 fully saturated rings. The van der Waals surface area contributed by atoms with E-state index in [4.69, 9.17) is 24.5 Å². The highest BCUT2D eigenvalue weighted by Crippen LogP contribution is 2.38. The van der Waals surface area contributed by atoms with Crippen molar-refractivity contribution in [3.63, 3.8) is 0 Å². The van der Waals surface area contributed by atoms with Crippen molar-refractivity contribution in [2.45, 2.75) is 32.0 Å². The van der Waals surface area contributed by atoms with Crippen molar-refractivity contribution in [1.82, 2.24) is 5.32 Å². The third-order valence-electron chi connectivity index (χ3n) is 3.64. The lowest BCUT2D eigenvalue weighted by Crippen LogP contribution is -2.25. The van der Waals surface area contributed by atoms with E-state index in [1.165, 1.54) is 10.8 Å². The van der Waals surface area contributed by atoms with Crippen molar-refractivity contribution in [3.05, 3.63) is 23.3 Å². The fraction of sp³-hybridized carbons (Fsp3) is 0.500. The van der Waals surface area contributed by atoms with E-state index in [1.807, 2.05) is 13.0 Å². The molecular formula is C18H22F3NO7S2. The van der Waals surface area contributed by atoms with Crippen LogP contribution in [0.5, 0.6) is 11.5 Å². The molecule has 3 N–H and O–H groups in total. The normalized spacial score (nSPS) is 14.5. The number of carboxylic acids is 2. The van der Waals surface area contributed by atoms with Crippen molar-refractivity contribution >= 4 is 39.4 Å². The van der Waals surface area contributed by atoms with Crippen LogP contribution in [0.3, 0.4) is 0 Å². The van der Waals surface area contributed by atoms with Crippen LogP contribution in [0.2, 0.25) is 0 Å². The first-order valence-corrected chi connectivity index (χ1v) is 11.4. The van der Waals surface area contributed by atoms with Crippen LogP contribution >= 0.6 is 21.6 Å². The Labute approximate surface area is 184 Å². The number of amides is 1. The van der Waals surface area contributed by atoms with Crippen LogP contribution in [0, 0.1) is 0 Å².